The summed E-state index contributed by atoms with van der Waals surface area (Å²) in [6, 6.07) is 1.87. The van der Waals surface area contributed by atoms with Gasteiger partial charge in [0.25, 0.3) is 0 Å². The lowest BCUT2D eigenvalue weighted by atomic mass is 10.3. The van der Waals surface area contributed by atoms with Crippen molar-refractivity contribution in [2.75, 3.05) is 18.8 Å². The van der Waals surface area contributed by atoms with E-state index in [1.54, 1.807) is 0 Å². The Morgan fingerprint density at radius 3 is 2.72 bits per heavy atom. The van der Waals surface area contributed by atoms with Gasteiger partial charge in [-0.3, -0.25) is 0 Å². The van der Waals surface area contributed by atoms with Crippen molar-refractivity contribution in [3.63, 3.8) is 0 Å². The van der Waals surface area contributed by atoms with Crippen LogP contribution in [-0.4, -0.2) is 37.0 Å². The standard InChI is InChI=1S/C10H12ClFN2O3S/c11-7-3-8(12)9(13)4-10(7)18(16,17)14-2-1-6(15)5-14/h3-4,6,15H,1-2,5,13H2/t6-/m1/s1. The molecule has 0 spiro atoms. The SMILES string of the molecule is Nc1cc(S(=O)(=O)N2CC[C@@H](O)C2)c(Cl)cc1F. The van der Waals surface area contributed by atoms with E-state index in [0.717, 1.165) is 16.4 Å². The highest BCUT2D eigenvalue weighted by atomic mass is 35.5. The first-order chi connectivity index (χ1) is 8.32. The monoisotopic (exact) mass is 294 g/mol. The average molecular weight is 295 g/mol. The number of hydrogen-bond acceptors (Lipinski definition) is 4. The van der Waals surface area contributed by atoms with Crippen molar-refractivity contribution < 1.29 is 17.9 Å². The summed E-state index contributed by atoms with van der Waals surface area (Å²) in [5, 5.41) is 9.13. The fourth-order valence-electron chi connectivity index (χ4n) is 1.81. The molecule has 0 radical (unpaired) electrons. The summed E-state index contributed by atoms with van der Waals surface area (Å²) in [4.78, 5) is -0.239. The molecule has 0 aliphatic carbocycles. The molecule has 1 fully saturated rings. The van der Waals surface area contributed by atoms with Crippen LogP contribution in [0.1, 0.15) is 6.42 Å². The number of halogens is 2. The van der Waals surface area contributed by atoms with Gasteiger partial charge in [0.1, 0.15) is 10.7 Å². The first kappa shape index (κ1) is 13.5. The molecule has 1 saturated heterocycles. The number of β-amino-alcohol motifs (C(OH)–C–C–N with tert-alkyl or cyclic N) is 1. The lowest BCUT2D eigenvalue weighted by Gasteiger charge is -2.17. The van der Waals surface area contributed by atoms with Gasteiger partial charge >= 0.3 is 0 Å². The molecule has 0 saturated carbocycles. The number of hydrogen-bond donors (Lipinski definition) is 2. The van der Waals surface area contributed by atoms with Gasteiger partial charge in [-0.1, -0.05) is 11.6 Å². The summed E-state index contributed by atoms with van der Waals surface area (Å²) in [5.74, 6) is -0.764. The first-order valence-corrected chi connectivity index (χ1v) is 7.07. The molecule has 0 unspecified atom stereocenters. The maximum Gasteiger partial charge on any atom is 0.244 e. The minimum absolute atomic E-state index is 0.00986. The van der Waals surface area contributed by atoms with Gasteiger partial charge in [0.15, 0.2) is 0 Å². The number of nitrogens with two attached hydrogens (primary N) is 1. The van der Waals surface area contributed by atoms with Gasteiger partial charge in [0, 0.05) is 13.1 Å². The van der Waals surface area contributed by atoms with Gasteiger partial charge in [-0.2, -0.15) is 4.31 Å². The number of anilines is 1. The van der Waals surface area contributed by atoms with Gasteiger partial charge in [-0.05, 0) is 18.6 Å². The van der Waals surface area contributed by atoms with Crippen LogP contribution in [0.15, 0.2) is 17.0 Å². The Morgan fingerprint density at radius 2 is 2.17 bits per heavy atom. The third kappa shape index (κ3) is 2.31. The molecule has 2 rings (SSSR count). The molecule has 1 heterocycles. The zero-order chi connectivity index (χ0) is 13.5. The van der Waals surface area contributed by atoms with Crippen molar-refractivity contribution in [2.45, 2.75) is 17.4 Å². The highest BCUT2D eigenvalue weighted by molar-refractivity contribution is 7.89. The lowest BCUT2D eigenvalue weighted by molar-refractivity contribution is 0.189. The third-order valence-electron chi connectivity index (χ3n) is 2.80. The van der Waals surface area contributed by atoms with E-state index in [1.807, 2.05) is 0 Å². The maximum absolute atomic E-state index is 13.1. The van der Waals surface area contributed by atoms with Crippen LogP contribution in [-0.2, 0) is 10.0 Å². The summed E-state index contributed by atoms with van der Waals surface area (Å²) >= 11 is 5.74. The fourth-order valence-corrected chi connectivity index (χ4v) is 3.83. The summed E-state index contributed by atoms with van der Waals surface area (Å²) in [7, 11) is -3.85. The number of aliphatic hydroxyl groups excluding tert-OH is 1. The second-order valence-corrected chi connectivity index (χ2v) is 6.42. The molecular weight excluding hydrogens is 283 g/mol. The van der Waals surface area contributed by atoms with Gasteiger partial charge < -0.3 is 10.8 Å². The molecule has 0 amide bonds. The first-order valence-electron chi connectivity index (χ1n) is 5.25. The Balaban J connectivity index is 2.45. The topological polar surface area (TPSA) is 83.6 Å². The van der Waals surface area contributed by atoms with Crippen molar-refractivity contribution in [2.24, 2.45) is 0 Å². The molecule has 1 aliphatic heterocycles. The molecule has 0 aromatic heterocycles. The molecule has 0 bridgehead atoms. The van der Waals surface area contributed by atoms with E-state index < -0.39 is 21.9 Å². The number of sulfonamides is 1. The van der Waals surface area contributed by atoms with Crippen LogP contribution < -0.4 is 5.73 Å². The summed E-state index contributed by atoms with van der Waals surface area (Å²) in [6.45, 7) is 0.215. The summed E-state index contributed by atoms with van der Waals surface area (Å²) < 4.78 is 38.7. The van der Waals surface area contributed by atoms with Gasteiger partial charge in [0.05, 0.1) is 16.8 Å². The number of benzene rings is 1. The van der Waals surface area contributed by atoms with E-state index >= 15 is 0 Å². The van der Waals surface area contributed by atoms with E-state index in [4.69, 9.17) is 17.3 Å². The molecule has 100 valence electrons. The number of rotatable bonds is 2. The van der Waals surface area contributed by atoms with Crippen molar-refractivity contribution in [3.05, 3.63) is 23.0 Å². The molecule has 18 heavy (non-hydrogen) atoms. The van der Waals surface area contributed by atoms with Crippen molar-refractivity contribution in [1.82, 2.24) is 4.31 Å². The zero-order valence-electron chi connectivity index (χ0n) is 9.31. The van der Waals surface area contributed by atoms with Crippen LogP contribution in [0.5, 0.6) is 0 Å². The molecule has 1 aliphatic rings. The van der Waals surface area contributed by atoms with E-state index in [-0.39, 0.29) is 28.7 Å². The largest absolute Gasteiger partial charge is 0.396 e. The Bertz CT molecular complexity index is 579. The second-order valence-electron chi connectivity index (χ2n) is 4.11. The number of aliphatic hydroxyl groups is 1. The number of nitrogen functional groups attached to an aromatic ring is 1. The molecule has 3 N–H and O–H groups in total. The highest BCUT2D eigenvalue weighted by Crippen LogP contribution is 2.30. The molecule has 1 aromatic carbocycles. The third-order valence-corrected chi connectivity index (χ3v) is 5.12. The molecular formula is C10H12ClFN2O3S. The zero-order valence-corrected chi connectivity index (χ0v) is 10.9. The smallest absolute Gasteiger partial charge is 0.244 e. The fraction of sp³-hybridized carbons (Fsp3) is 0.400. The molecule has 8 heteroatoms. The van der Waals surface area contributed by atoms with E-state index in [9.17, 15) is 17.9 Å². The number of nitrogens with zero attached hydrogens (tertiary/aromatic N) is 1. The van der Waals surface area contributed by atoms with Crippen LogP contribution in [0.2, 0.25) is 5.02 Å². The van der Waals surface area contributed by atoms with Gasteiger partial charge in [-0.25, -0.2) is 12.8 Å². The summed E-state index contributed by atoms with van der Waals surface area (Å²) in [5.41, 5.74) is 5.07. The lowest BCUT2D eigenvalue weighted by Crippen LogP contribution is -2.30. The predicted octanol–water partition coefficient (Wildman–Crippen LogP) is 0.817. The highest BCUT2D eigenvalue weighted by Gasteiger charge is 2.33. The minimum atomic E-state index is -3.85. The molecule has 5 nitrogen and oxygen atoms in total. The van der Waals surface area contributed by atoms with Crippen LogP contribution in [0.3, 0.4) is 0 Å². The molecule has 1 atom stereocenters. The normalized spacial score (nSPS) is 21.4. The quantitative estimate of drug-likeness (QED) is 0.791. The van der Waals surface area contributed by atoms with E-state index in [1.165, 1.54) is 0 Å². The maximum atomic E-state index is 13.1. The Hall–Kier alpha value is -0.890. The van der Waals surface area contributed by atoms with Gasteiger partial charge in [-0.15, -0.1) is 0 Å². The minimum Gasteiger partial charge on any atom is -0.396 e. The van der Waals surface area contributed by atoms with Crippen LogP contribution in [0.4, 0.5) is 10.1 Å². The van der Waals surface area contributed by atoms with Crippen molar-refractivity contribution in [1.29, 1.82) is 0 Å². The van der Waals surface area contributed by atoms with Crippen molar-refractivity contribution >= 4 is 27.3 Å². The summed E-state index contributed by atoms with van der Waals surface area (Å²) in [6.07, 6.45) is -0.315. The Labute approximate surface area is 109 Å². The van der Waals surface area contributed by atoms with Crippen LogP contribution in [0, 0.1) is 5.82 Å². The van der Waals surface area contributed by atoms with Gasteiger partial charge in [0.2, 0.25) is 10.0 Å². The Morgan fingerprint density at radius 1 is 1.50 bits per heavy atom. The Kier molecular flexibility index (Phi) is 3.50. The van der Waals surface area contributed by atoms with E-state index in [0.29, 0.717) is 6.42 Å². The van der Waals surface area contributed by atoms with Crippen LogP contribution in [0.25, 0.3) is 0 Å². The second kappa shape index (κ2) is 4.65. The predicted molar refractivity (Wildman–Crippen MR) is 65.2 cm³/mol. The van der Waals surface area contributed by atoms with Crippen LogP contribution >= 0.6 is 11.6 Å². The van der Waals surface area contributed by atoms with E-state index in [2.05, 4.69) is 0 Å². The molecule has 1 aromatic rings. The average Bonchev–Trinajstić information content (AvgIpc) is 2.70. The van der Waals surface area contributed by atoms with Crippen molar-refractivity contribution in [3.8, 4) is 0 Å².